The molecule has 0 unspecified atom stereocenters. The summed E-state index contributed by atoms with van der Waals surface area (Å²) in [4.78, 5) is 25.4. The van der Waals surface area contributed by atoms with Crippen LogP contribution in [-0.4, -0.2) is 22.9 Å². The summed E-state index contributed by atoms with van der Waals surface area (Å²) in [7, 11) is 0. The Morgan fingerprint density at radius 1 is 1.26 bits per heavy atom. The molecule has 122 valence electrons. The fraction of sp³-hybridized carbons (Fsp3) is 0.471. The summed E-state index contributed by atoms with van der Waals surface area (Å²) < 4.78 is 13.8. The molecule has 1 aromatic carbocycles. The number of imide groups is 1. The lowest BCUT2D eigenvalue weighted by Crippen LogP contribution is -2.47. The summed E-state index contributed by atoms with van der Waals surface area (Å²) in [5.74, 6) is -1.10. The second kappa shape index (κ2) is 8.28. The first-order chi connectivity index (χ1) is 11.1. The molecule has 0 radical (unpaired) electrons. The lowest BCUT2D eigenvalue weighted by molar-refractivity contribution is -0.127. The van der Waals surface area contributed by atoms with Crippen molar-refractivity contribution >= 4 is 11.9 Å². The Balaban J connectivity index is 2.10. The predicted octanol–water partition coefficient (Wildman–Crippen LogP) is 3.11. The summed E-state index contributed by atoms with van der Waals surface area (Å²) in [6.07, 6.45) is 4.59. The average Bonchev–Trinajstić information content (AvgIpc) is 2.55. The fourth-order valence-corrected chi connectivity index (χ4v) is 2.73. The first-order valence-corrected chi connectivity index (χ1v) is 7.83. The molecule has 1 aliphatic rings. The van der Waals surface area contributed by atoms with E-state index in [9.17, 15) is 14.0 Å². The third-order valence-electron chi connectivity index (χ3n) is 4.00. The highest BCUT2D eigenvalue weighted by Crippen LogP contribution is 2.18. The quantitative estimate of drug-likeness (QED) is 0.927. The lowest BCUT2D eigenvalue weighted by atomic mass is 9.96. The van der Waals surface area contributed by atoms with E-state index in [4.69, 9.17) is 5.26 Å². The molecule has 0 aromatic heterocycles. The SMILES string of the molecule is N#CCC(=O)N(Cc1ccccc1F)C(=O)NC1CCCCC1. The van der Waals surface area contributed by atoms with E-state index in [0.29, 0.717) is 0 Å². The van der Waals surface area contributed by atoms with Crippen LogP contribution in [0.15, 0.2) is 24.3 Å². The minimum absolute atomic E-state index is 0.0363. The van der Waals surface area contributed by atoms with Crippen molar-refractivity contribution in [3.63, 3.8) is 0 Å². The second-order valence-electron chi connectivity index (χ2n) is 5.69. The minimum atomic E-state index is -0.621. The van der Waals surface area contributed by atoms with Gasteiger partial charge in [0, 0.05) is 11.6 Å². The molecular formula is C17H20FN3O2. The van der Waals surface area contributed by atoms with E-state index in [-0.39, 0.29) is 18.2 Å². The Bertz CT molecular complexity index is 606. The number of nitrogens with zero attached hydrogens (tertiary/aromatic N) is 2. The largest absolute Gasteiger partial charge is 0.335 e. The zero-order valence-corrected chi connectivity index (χ0v) is 12.9. The topological polar surface area (TPSA) is 73.2 Å². The van der Waals surface area contributed by atoms with Crippen LogP contribution in [0.4, 0.5) is 9.18 Å². The highest BCUT2D eigenvalue weighted by Gasteiger charge is 2.25. The summed E-state index contributed by atoms with van der Waals surface area (Å²) in [5.41, 5.74) is 0.248. The van der Waals surface area contributed by atoms with E-state index < -0.39 is 24.2 Å². The van der Waals surface area contributed by atoms with Crippen LogP contribution in [0.1, 0.15) is 44.1 Å². The molecule has 0 aliphatic heterocycles. The van der Waals surface area contributed by atoms with Gasteiger partial charge in [0.1, 0.15) is 12.2 Å². The van der Waals surface area contributed by atoms with Gasteiger partial charge in [0.05, 0.1) is 12.6 Å². The Labute approximate surface area is 135 Å². The summed E-state index contributed by atoms with van der Waals surface area (Å²) in [5, 5.41) is 11.5. The van der Waals surface area contributed by atoms with Gasteiger partial charge in [0.15, 0.2) is 0 Å². The number of halogens is 1. The Kier molecular flexibility index (Phi) is 6.10. The number of nitrogens with one attached hydrogen (secondary N) is 1. The van der Waals surface area contributed by atoms with Crippen molar-refractivity contribution in [3.05, 3.63) is 35.6 Å². The molecule has 5 nitrogen and oxygen atoms in total. The number of rotatable bonds is 4. The van der Waals surface area contributed by atoms with Gasteiger partial charge in [-0.2, -0.15) is 5.26 Å². The van der Waals surface area contributed by atoms with Crippen LogP contribution in [0.3, 0.4) is 0 Å². The first kappa shape index (κ1) is 16.9. The van der Waals surface area contributed by atoms with Crippen LogP contribution >= 0.6 is 0 Å². The van der Waals surface area contributed by atoms with E-state index in [1.165, 1.54) is 12.1 Å². The molecule has 0 saturated heterocycles. The third kappa shape index (κ3) is 4.78. The average molecular weight is 317 g/mol. The first-order valence-electron chi connectivity index (χ1n) is 7.83. The summed E-state index contributed by atoms with van der Waals surface area (Å²) >= 11 is 0. The lowest BCUT2D eigenvalue weighted by Gasteiger charge is -2.27. The number of amides is 3. The van der Waals surface area contributed by atoms with E-state index in [0.717, 1.165) is 37.0 Å². The van der Waals surface area contributed by atoms with Gasteiger partial charge in [0.2, 0.25) is 5.91 Å². The second-order valence-corrected chi connectivity index (χ2v) is 5.69. The van der Waals surface area contributed by atoms with Gasteiger partial charge in [0.25, 0.3) is 0 Å². The number of benzene rings is 1. The molecule has 1 aliphatic carbocycles. The van der Waals surface area contributed by atoms with Gasteiger partial charge in [-0.15, -0.1) is 0 Å². The van der Waals surface area contributed by atoms with Crippen molar-refractivity contribution in [2.24, 2.45) is 0 Å². The Morgan fingerprint density at radius 2 is 1.96 bits per heavy atom. The molecule has 0 spiro atoms. The molecule has 1 aromatic rings. The molecule has 0 atom stereocenters. The van der Waals surface area contributed by atoms with Crippen LogP contribution in [0, 0.1) is 17.1 Å². The smallest absolute Gasteiger partial charge is 0.324 e. The summed E-state index contributed by atoms with van der Waals surface area (Å²) in [6.45, 7) is -0.175. The molecule has 0 bridgehead atoms. The van der Waals surface area contributed by atoms with E-state index >= 15 is 0 Å². The molecule has 1 fully saturated rings. The molecular weight excluding hydrogens is 297 g/mol. The van der Waals surface area contributed by atoms with Crippen LogP contribution in [0.2, 0.25) is 0 Å². The number of urea groups is 1. The van der Waals surface area contributed by atoms with E-state index in [2.05, 4.69) is 5.32 Å². The van der Waals surface area contributed by atoms with Crippen LogP contribution in [0.25, 0.3) is 0 Å². The maximum atomic E-state index is 13.8. The van der Waals surface area contributed by atoms with E-state index in [1.54, 1.807) is 18.2 Å². The molecule has 23 heavy (non-hydrogen) atoms. The van der Waals surface area contributed by atoms with Gasteiger partial charge >= 0.3 is 6.03 Å². The zero-order valence-electron chi connectivity index (χ0n) is 12.9. The fourth-order valence-electron chi connectivity index (χ4n) is 2.73. The highest BCUT2D eigenvalue weighted by molar-refractivity contribution is 5.95. The van der Waals surface area contributed by atoms with Crippen molar-refractivity contribution in [2.45, 2.75) is 51.1 Å². The van der Waals surface area contributed by atoms with Gasteiger partial charge in [-0.05, 0) is 18.9 Å². The molecule has 1 saturated carbocycles. The molecule has 6 heteroatoms. The van der Waals surface area contributed by atoms with Gasteiger partial charge in [-0.1, -0.05) is 37.5 Å². The van der Waals surface area contributed by atoms with Gasteiger partial charge < -0.3 is 5.32 Å². The van der Waals surface area contributed by atoms with Crippen LogP contribution < -0.4 is 5.32 Å². The van der Waals surface area contributed by atoms with Crippen molar-refractivity contribution in [1.29, 1.82) is 5.26 Å². The minimum Gasteiger partial charge on any atom is -0.335 e. The number of nitriles is 1. The zero-order chi connectivity index (χ0) is 16.7. The number of hydrogen-bond donors (Lipinski definition) is 1. The van der Waals surface area contributed by atoms with Gasteiger partial charge in [-0.25, -0.2) is 9.18 Å². The standard InChI is InChI=1S/C17H20FN3O2/c18-15-9-5-4-6-13(15)12-21(16(22)10-11-19)17(23)20-14-7-2-1-3-8-14/h4-6,9,14H,1-3,7-8,10,12H2,(H,20,23). The maximum Gasteiger partial charge on any atom is 0.324 e. The van der Waals surface area contributed by atoms with Gasteiger partial charge in [-0.3, -0.25) is 9.69 Å². The molecule has 3 amide bonds. The van der Waals surface area contributed by atoms with Crippen molar-refractivity contribution < 1.29 is 14.0 Å². The Morgan fingerprint density at radius 3 is 2.61 bits per heavy atom. The third-order valence-corrected chi connectivity index (χ3v) is 4.00. The maximum absolute atomic E-state index is 13.8. The summed E-state index contributed by atoms with van der Waals surface area (Å²) in [6, 6.07) is 7.21. The van der Waals surface area contributed by atoms with Crippen molar-refractivity contribution in [1.82, 2.24) is 10.2 Å². The number of carbonyl (C=O) groups excluding carboxylic acids is 2. The normalized spacial score (nSPS) is 14.8. The molecule has 2 rings (SSSR count). The number of hydrogen-bond acceptors (Lipinski definition) is 3. The number of carbonyl (C=O) groups is 2. The van der Waals surface area contributed by atoms with Crippen molar-refractivity contribution in [2.75, 3.05) is 0 Å². The predicted molar refractivity (Wildman–Crippen MR) is 82.6 cm³/mol. The molecule has 0 heterocycles. The highest BCUT2D eigenvalue weighted by atomic mass is 19.1. The Hall–Kier alpha value is -2.42. The monoisotopic (exact) mass is 317 g/mol. The van der Waals surface area contributed by atoms with Crippen LogP contribution in [-0.2, 0) is 11.3 Å². The van der Waals surface area contributed by atoms with Crippen LogP contribution in [0.5, 0.6) is 0 Å². The van der Waals surface area contributed by atoms with E-state index in [1.807, 2.05) is 0 Å². The van der Waals surface area contributed by atoms with Crippen molar-refractivity contribution in [3.8, 4) is 6.07 Å². The molecule has 1 N–H and O–H groups in total.